The van der Waals surface area contributed by atoms with Crippen LogP contribution in [0.2, 0.25) is 0 Å². The van der Waals surface area contributed by atoms with Gasteiger partial charge in [-0.2, -0.15) is 0 Å². The van der Waals surface area contributed by atoms with Crippen LogP contribution in [0.25, 0.3) is 33.0 Å². The summed E-state index contributed by atoms with van der Waals surface area (Å²) in [5.74, 6) is 0.882. The van der Waals surface area contributed by atoms with Crippen LogP contribution in [0.5, 0.6) is 5.75 Å². The monoisotopic (exact) mass is 324 g/mol. The molecule has 122 valence electrons. The van der Waals surface area contributed by atoms with Gasteiger partial charge in [-0.1, -0.05) is 66.7 Å². The molecule has 0 amide bonds. The maximum atomic E-state index is 5.25. The third kappa shape index (κ3) is 2.89. The highest BCUT2D eigenvalue weighted by Crippen LogP contribution is 2.32. The predicted octanol–water partition coefficient (Wildman–Crippen LogP) is 6.49. The van der Waals surface area contributed by atoms with E-state index in [1.165, 1.54) is 38.6 Å². The van der Waals surface area contributed by atoms with Gasteiger partial charge in [0, 0.05) is 0 Å². The van der Waals surface area contributed by atoms with Crippen LogP contribution >= 0.6 is 0 Å². The van der Waals surface area contributed by atoms with Crippen LogP contribution < -0.4 is 4.74 Å². The highest BCUT2D eigenvalue weighted by molar-refractivity contribution is 5.94. The second kappa shape index (κ2) is 6.45. The summed E-state index contributed by atoms with van der Waals surface area (Å²) in [6, 6.07) is 29.9. The lowest BCUT2D eigenvalue weighted by Gasteiger charge is -2.11. The normalized spacial score (nSPS) is 10.8. The summed E-state index contributed by atoms with van der Waals surface area (Å²) in [5, 5.41) is 2.57. The standard InChI is InChI=1S/C24H20O/c1-17-23(19-6-4-3-5-7-19)15-11-21-16-20(10-14-24(17)21)18-8-12-22(25-2)13-9-18/h3-16H,1-2H3. The highest BCUT2D eigenvalue weighted by atomic mass is 16.5. The Morgan fingerprint density at radius 2 is 1.36 bits per heavy atom. The molecule has 4 aromatic rings. The lowest BCUT2D eigenvalue weighted by Crippen LogP contribution is -1.87. The van der Waals surface area contributed by atoms with Crippen molar-refractivity contribution in [3.05, 3.63) is 90.5 Å². The van der Waals surface area contributed by atoms with E-state index in [4.69, 9.17) is 4.74 Å². The maximum absolute atomic E-state index is 5.25. The van der Waals surface area contributed by atoms with Crippen molar-refractivity contribution in [3.8, 4) is 28.0 Å². The predicted molar refractivity (Wildman–Crippen MR) is 106 cm³/mol. The smallest absolute Gasteiger partial charge is 0.118 e. The van der Waals surface area contributed by atoms with Gasteiger partial charge in [-0.15, -0.1) is 0 Å². The Morgan fingerprint density at radius 3 is 2.08 bits per heavy atom. The number of hydrogen-bond acceptors (Lipinski definition) is 1. The molecular formula is C24H20O. The zero-order valence-electron chi connectivity index (χ0n) is 14.5. The van der Waals surface area contributed by atoms with Gasteiger partial charge in [0.1, 0.15) is 5.75 Å². The SMILES string of the molecule is COc1ccc(-c2ccc3c(C)c(-c4ccccc4)ccc3c2)cc1. The van der Waals surface area contributed by atoms with Gasteiger partial charge >= 0.3 is 0 Å². The molecule has 0 aliphatic rings. The first-order valence-electron chi connectivity index (χ1n) is 8.49. The van der Waals surface area contributed by atoms with E-state index in [1.54, 1.807) is 7.11 Å². The summed E-state index contributed by atoms with van der Waals surface area (Å²) in [4.78, 5) is 0. The first-order valence-corrected chi connectivity index (χ1v) is 8.49. The second-order valence-corrected chi connectivity index (χ2v) is 6.27. The van der Waals surface area contributed by atoms with E-state index in [2.05, 4.69) is 79.7 Å². The minimum absolute atomic E-state index is 0.882. The number of rotatable bonds is 3. The first kappa shape index (κ1) is 15.5. The van der Waals surface area contributed by atoms with Crippen LogP contribution in [0, 0.1) is 6.92 Å². The average Bonchev–Trinajstić information content (AvgIpc) is 2.69. The van der Waals surface area contributed by atoms with Gasteiger partial charge in [0.05, 0.1) is 7.11 Å². The van der Waals surface area contributed by atoms with Crippen LogP contribution in [0.1, 0.15) is 5.56 Å². The van der Waals surface area contributed by atoms with Gasteiger partial charge in [0.2, 0.25) is 0 Å². The van der Waals surface area contributed by atoms with Crippen LogP contribution in [0.4, 0.5) is 0 Å². The van der Waals surface area contributed by atoms with Gasteiger partial charge in [0.15, 0.2) is 0 Å². The van der Waals surface area contributed by atoms with E-state index < -0.39 is 0 Å². The van der Waals surface area contributed by atoms with Crippen molar-refractivity contribution < 1.29 is 4.74 Å². The van der Waals surface area contributed by atoms with Gasteiger partial charge in [0.25, 0.3) is 0 Å². The van der Waals surface area contributed by atoms with Crippen molar-refractivity contribution in [3.63, 3.8) is 0 Å². The van der Waals surface area contributed by atoms with Gasteiger partial charge < -0.3 is 4.74 Å². The van der Waals surface area contributed by atoms with E-state index in [0.717, 1.165) is 5.75 Å². The molecule has 0 fully saturated rings. The average molecular weight is 324 g/mol. The van der Waals surface area contributed by atoms with E-state index in [0.29, 0.717) is 0 Å². The Hall–Kier alpha value is -3.06. The van der Waals surface area contributed by atoms with E-state index in [-0.39, 0.29) is 0 Å². The highest BCUT2D eigenvalue weighted by Gasteiger charge is 2.07. The molecule has 1 heteroatoms. The van der Waals surface area contributed by atoms with E-state index in [9.17, 15) is 0 Å². The Morgan fingerprint density at radius 1 is 0.640 bits per heavy atom. The Balaban J connectivity index is 1.79. The van der Waals surface area contributed by atoms with E-state index in [1.807, 2.05) is 12.1 Å². The fourth-order valence-corrected chi connectivity index (χ4v) is 3.38. The fraction of sp³-hybridized carbons (Fsp3) is 0.0833. The molecule has 0 aliphatic heterocycles. The molecule has 0 atom stereocenters. The van der Waals surface area contributed by atoms with Gasteiger partial charge in [-0.3, -0.25) is 0 Å². The van der Waals surface area contributed by atoms with Crippen molar-refractivity contribution in [1.29, 1.82) is 0 Å². The fourth-order valence-electron chi connectivity index (χ4n) is 3.38. The van der Waals surface area contributed by atoms with Gasteiger partial charge in [-0.25, -0.2) is 0 Å². The summed E-state index contributed by atoms with van der Waals surface area (Å²) >= 11 is 0. The molecule has 0 bridgehead atoms. The molecule has 0 aromatic heterocycles. The molecular weight excluding hydrogens is 304 g/mol. The summed E-state index contributed by atoms with van der Waals surface area (Å²) in [5.41, 5.74) is 6.31. The molecule has 0 radical (unpaired) electrons. The zero-order valence-corrected chi connectivity index (χ0v) is 14.5. The Kier molecular flexibility index (Phi) is 3.99. The van der Waals surface area contributed by atoms with Crippen LogP contribution in [-0.2, 0) is 0 Å². The maximum Gasteiger partial charge on any atom is 0.118 e. The summed E-state index contributed by atoms with van der Waals surface area (Å²) < 4.78 is 5.25. The Labute approximate surface area is 148 Å². The van der Waals surface area contributed by atoms with Crippen molar-refractivity contribution in [2.24, 2.45) is 0 Å². The molecule has 0 N–H and O–H groups in total. The lowest BCUT2D eigenvalue weighted by atomic mass is 9.93. The van der Waals surface area contributed by atoms with Crippen LogP contribution in [0.3, 0.4) is 0 Å². The molecule has 4 aromatic carbocycles. The molecule has 0 spiro atoms. The quantitative estimate of drug-likeness (QED) is 0.418. The number of benzene rings is 4. The minimum Gasteiger partial charge on any atom is -0.497 e. The number of ether oxygens (including phenoxy) is 1. The third-order valence-electron chi connectivity index (χ3n) is 4.80. The second-order valence-electron chi connectivity index (χ2n) is 6.27. The van der Waals surface area contributed by atoms with Crippen LogP contribution in [0.15, 0.2) is 84.9 Å². The molecule has 0 heterocycles. The summed E-state index contributed by atoms with van der Waals surface area (Å²) in [7, 11) is 1.69. The molecule has 4 rings (SSSR count). The topological polar surface area (TPSA) is 9.23 Å². The molecule has 0 saturated carbocycles. The number of aryl methyl sites for hydroxylation is 1. The molecule has 0 aliphatic carbocycles. The number of methoxy groups -OCH3 is 1. The van der Waals surface area contributed by atoms with Crippen LogP contribution in [-0.4, -0.2) is 7.11 Å². The minimum atomic E-state index is 0.882. The number of fused-ring (bicyclic) bond motifs is 1. The number of hydrogen-bond donors (Lipinski definition) is 0. The summed E-state index contributed by atoms with van der Waals surface area (Å²) in [6.07, 6.45) is 0. The van der Waals surface area contributed by atoms with Crippen molar-refractivity contribution >= 4 is 10.8 Å². The molecule has 0 saturated heterocycles. The largest absolute Gasteiger partial charge is 0.497 e. The Bertz CT molecular complexity index is 1020. The third-order valence-corrected chi connectivity index (χ3v) is 4.80. The summed E-state index contributed by atoms with van der Waals surface area (Å²) in [6.45, 7) is 2.21. The van der Waals surface area contributed by atoms with E-state index >= 15 is 0 Å². The van der Waals surface area contributed by atoms with Crippen molar-refractivity contribution in [2.75, 3.05) is 7.11 Å². The molecule has 1 nitrogen and oxygen atoms in total. The van der Waals surface area contributed by atoms with Crippen molar-refractivity contribution in [2.45, 2.75) is 6.92 Å². The zero-order chi connectivity index (χ0) is 17.2. The molecule has 25 heavy (non-hydrogen) atoms. The molecule has 0 unspecified atom stereocenters. The van der Waals surface area contributed by atoms with Crippen molar-refractivity contribution in [1.82, 2.24) is 0 Å². The van der Waals surface area contributed by atoms with Gasteiger partial charge in [-0.05, 0) is 63.7 Å². The lowest BCUT2D eigenvalue weighted by molar-refractivity contribution is 0.415. The first-order chi connectivity index (χ1) is 12.3.